The molecule has 1 aromatic rings. The van der Waals surface area contributed by atoms with Gasteiger partial charge in [0.2, 0.25) is 11.6 Å². The smallest absolute Gasteiger partial charge is 0.462 e. The summed E-state index contributed by atoms with van der Waals surface area (Å²) in [7, 11) is 0. The summed E-state index contributed by atoms with van der Waals surface area (Å²) in [5, 5.41) is 0. The van der Waals surface area contributed by atoms with Gasteiger partial charge in [-0.3, -0.25) is 9.59 Å². The minimum atomic E-state index is -1.41. The number of hydrogen-bond acceptors (Lipinski definition) is 6. The number of aryl methyl sites for hydroxylation is 2. The molecule has 0 saturated carbocycles. The Kier molecular flexibility index (Phi) is 7.86. The number of amides is 1. The van der Waals surface area contributed by atoms with E-state index >= 15 is 0 Å². The van der Waals surface area contributed by atoms with Crippen LogP contribution in [0.5, 0.6) is 0 Å². The van der Waals surface area contributed by atoms with Gasteiger partial charge in [-0.25, -0.2) is 0 Å². The number of carbonyl (C=O) groups excluding carboxylic acids is 3. The van der Waals surface area contributed by atoms with Crippen LogP contribution in [0.1, 0.15) is 70.7 Å². The Hall–Kier alpha value is -2.70. The molecule has 1 aromatic carbocycles. The molecule has 1 heterocycles. The molecule has 1 aliphatic rings. The molecule has 0 N–H and O–H groups in total. The van der Waals surface area contributed by atoms with Crippen molar-refractivity contribution in [1.29, 1.82) is 0 Å². The van der Waals surface area contributed by atoms with Gasteiger partial charge in [0, 0.05) is 12.0 Å². The fraction of sp³-hybridized carbons (Fsp3) is 0.600. The largest absolute Gasteiger partial charge is 0.597 e. The van der Waals surface area contributed by atoms with Gasteiger partial charge in [-0.2, -0.15) is 4.79 Å². The van der Waals surface area contributed by atoms with E-state index in [0.29, 0.717) is 12.0 Å². The van der Waals surface area contributed by atoms with Gasteiger partial charge in [-0.15, -0.1) is 4.58 Å². The lowest BCUT2D eigenvalue weighted by molar-refractivity contribution is -0.453. The van der Waals surface area contributed by atoms with Gasteiger partial charge < -0.3 is 14.2 Å². The van der Waals surface area contributed by atoms with E-state index in [4.69, 9.17) is 14.2 Å². The number of esters is 2. The van der Waals surface area contributed by atoms with Gasteiger partial charge in [0.25, 0.3) is 0 Å². The summed E-state index contributed by atoms with van der Waals surface area (Å²) in [5.41, 5.74) is 3.22. The normalized spacial score (nSPS) is 14.0. The van der Waals surface area contributed by atoms with Gasteiger partial charge >= 0.3 is 18.0 Å². The average molecular weight is 447 g/mol. The van der Waals surface area contributed by atoms with Crippen LogP contribution in [-0.2, 0) is 30.2 Å². The SMILES string of the molecule is Cc1cc2c(cc1C)C(C(C(=O)OC(C)C)C(=O)OC(C)C)=[N+](C(=O)OC(C)(C)C)CC2. The Bertz CT molecular complexity index is 914. The molecule has 1 amide bonds. The molecule has 0 aromatic heterocycles. The van der Waals surface area contributed by atoms with Crippen molar-refractivity contribution in [3.63, 3.8) is 0 Å². The highest BCUT2D eigenvalue weighted by Crippen LogP contribution is 2.27. The monoisotopic (exact) mass is 446 g/mol. The van der Waals surface area contributed by atoms with Crippen LogP contribution < -0.4 is 0 Å². The molecule has 0 radical (unpaired) electrons. The van der Waals surface area contributed by atoms with E-state index in [1.165, 1.54) is 4.58 Å². The molecule has 7 heteroatoms. The van der Waals surface area contributed by atoms with Crippen LogP contribution in [0.25, 0.3) is 0 Å². The van der Waals surface area contributed by atoms with E-state index in [1.807, 2.05) is 26.0 Å². The first-order valence-corrected chi connectivity index (χ1v) is 11.1. The lowest BCUT2D eigenvalue weighted by Gasteiger charge is -2.25. The van der Waals surface area contributed by atoms with Crippen LogP contribution in [-0.4, -0.2) is 52.7 Å². The van der Waals surface area contributed by atoms with E-state index in [2.05, 4.69) is 0 Å². The molecule has 0 aliphatic carbocycles. The fourth-order valence-electron chi connectivity index (χ4n) is 3.56. The number of benzene rings is 1. The van der Waals surface area contributed by atoms with Crippen molar-refractivity contribution < 1.29 is 33.2 Å². The van der Waals surface area contributed by atoms with Crippen molar-refractivity contribution in [3.8, 4) is 0 Å². The number of carbonyl (C=O) groups is 3. The van der Waals surface area contributed by atoms with Gasteiger partial charge in [-0.1, -0.05) is 6.07 Å². The molecule has 0 spiro atoms. The fourth-order valence-corrected chi connectivity index (χ4v) is 3.56. The molecule has 1 aliphatic heterocycles. The van der Waals surface area contributed by atoms with Crippen molar-refractivity contribution in [2.24, 2.45) is 5.92 Å². The number of fused-ring (bicyclic) bond motifs is 1. The lowest BCUT2D eigenvalue weighted by Crippen LogP contribution is -2.47. The molecule has 2 rings (SSSR count). The van der Waals surface area contributed by atoms with Crippen molar-refractivity contribution in [1.82, 2.24) is 0 Å². The van der Waals surface area contributed by atoms with Crippen molar-refractivity contribution in [3.05, 3.63) is 34.4 Å². The van der Waals surface area contributed by atoms with E-state index < -0.39 is 41.8 Å². The van der Waals surface area contributed by atoms with Crippen molar-refractivity contribution >= 4 is 23.7 Å². The maximum Gasteiger partial charge on any atom is 0.597 e. The van der Waals surface area contributed by atoms with Crippen LogP contribution in [0, 0.1) is 19.8 Å². The third-order valence-corrected chi connectivity index (χ3v) is 4.95. The predicted octanol–water partition coefficient (Wildman–Crippen LogP) is 4.12. The highest BCUT2D eigenvalue weighted by molar-refractivity contribution is 6.22. The molecule has 0 saturated heterocycles. The molecular formula is C25H36NO6+. The van der Waals surface area contributed by atoms with Crippen LogP contribution in [0.3, 0.4) is 0 Å². The second-order valence-corrected chi connectivity index (χ2v) is 9.77. The van der Waals surface area contributed by atoms with E-state index in [9.17, 15) is 14.4 Å². The molecule has 0 atom stereocenters. The highest BCUT2D eigenvalue weighted by Gasteiger charge is 2.47. The maximum absolute atomic E-state index is 13.2. The average Bonchev–Trinajstić information content (AvgIpc) is 2.60. The Labute approximate surface area is 190 Å². The molecular weight excluding hydrogens is 410 g/mol. The van der Waals surface area contributed by atoms with Gasteiger partial charge in [0.05, 0.1) is 12.2 Å². The Balaban J connectivity index is 2.78. The van der Waals surface area contributed by atoms with E-state index in [0.717, 1.165) is 16.7 Å². The zero-order valence-electron chi connectivity index (χ0n) is 20.7. The minimum absolute atomic E-state index is 0.250. The predicted molar refractivity (Wildman–Crippen MR) is 121 cm³/mol. The molecule has 176 valence electrons. The number of nitrogens with zero attached hydrogens (tertiary/aromatic N) is 1. The zero-order valence-corrected chi connectivity index (χ0v) is 20.7. The first-order valence-electron chi connectivity index (χ1n) is 11.1. The standard InChI is InChI=1S/C25H36NO6/c1-14(2)30-22(27)20(23(28)31-15(3)4)21-19-13-17(6)16(5)12-18(19)10-11-26(21)24(29)32-25(7,8)9/h12-15,20H,10-11H2,1-9H3/q+1. The topological polar surface area (TPSA) is 81.9 Å². The van der Waals surface area contributed by atoms with Crippen molar-refractivity contribution in [2.75, 3.05) is 6.54 Å². The zero-order chi connectivity index (χ0) is 24.4. The molecule has 0 fully saturated rings. The summed E-state index contributed by atoms with van der Waals surface area (Å²) in [5.74, 6) is -2.91. The summed E-state index contributed by atoms with van der Waals surface area (Å²) in [6.45, 7) is 16.4. The van der Waals surface area contributed by atoms with E-state index in [1.54, 1.807) is 48.5 Å². The highest BCUT2D eigenvalue weighted by atomic mass is 16.6. The molecule has 0 unspecified atom stereocenters. The van der Waals surface area contributed by atoms with Gasteiger partial charge in [-0.05, 0) is 85.1 Å². The first kappa shape index (κ1) is 25.6. The summed E-state index contributed by atoms with van der Waals surface area (Å²) >= 11 is 0. The van der Waals surface area contributed by atoms with Crippen molar-refractivity contribution in [2.45, 2.75) is 86.5 Å². The second-order valence-electron chi connectivity index (χ2n) is 9.77. The maximum atomic E-state index is 13.2. The third kappa shape index (κ3) is 6.17. The Morgan fingerprint density at radius 3 is 1.88 bits per heavy atom. The van der Waals surface area contributed by atoms with Gasteiger partial charge in [0.1, 0.15) is 5.60 Å². The van der Waals surface area contributed by atoms with Crippen LogP contribution in [0.2, 0.25) is 0 Å². The quantitative estimate of drug-likeness (QED) is 0.293. The molecule has 7 nitrogen and oxygen atoms in total. The lowest BCUT2D eigenvalue weighted by atomic mass is 9.86. The number of rotatable bonds is 5. The first-order chi connectivity index (χ1) is 14.7. The number of ether oxygens (including phenoxy) is 3. The summed E-state index contributed by atoms with van der Waals surface area (Å²) in [4.78, 5) is 39.5. The minimum Gasteiger partial charge on any atom is -0.462 e. The summed E-state index contributed by atoms with van der Waals surface area (Å²) in [6, 6.07) is 3.95. The molecule has 0 bridgehead atoms. The Morgan fingerprint density at radius 2 is 1.41 bits per heavy atom. The third-order valence-electron chi connectivity index (χ3n) is 4.95. The van der Waals surface area contributed by atoms with E-state index in [-0.39, 0.29) is 12.3 Å². The summed E-state index contributed by atoms with van der Waals surface area (Å²) < 4.78 is 17.8. The van der Waals surface area contributed by atoms with Crippen LogP contribution >= 0.6 is 0 Å². The molecule has 32 heavy (non-hydrogen) atoms. The van der Waals surface area contributed by atoms with Crippen LogP contribution in [0.4, 0.5) is 4.79 Å². The Morgan fingerprint density at radius 1 is 0.906 bits per heavy atom. The second kappa shape index (κ2) is 9.84. The number of hydrogen-bond donors (Lipinski definition) is 0. The summed E-state index contributed by atoms with van der Waals surface area (Å²) in [6.07, 6.45) is -0.911. The van der Waals surface area contributed by atoms with Gasteiger partial charge in [0.15, 0.2) is 6.54 Å². The van der Waals surface area contributed by atoms with Crippen LogP contribution in [0.15, 0.2) is 12.1 Å².